The lowest BCUT2D eigenvalue weighted by Crippen LogP contribution is -3.00. The smallest absolute Gasteiger partial charge is 0.113 e. The molecule has 4 heteroatoms. The zero-order valence-corrected chi connectivity index (χ0v) is 11.9. The minimum absolute atomic E-state index is 0. The van der Waals surface area contributed by atoms with E-state index in [1.807, 2.05) is 0 Å². The monoisotopic (exact) mass is 317 g/mol. The maximum absolute atomic E-state index is 9.52. The van der Waals surface area contributed by atoms with Gasteiger partial charge in [0.05, 0.1) is 19.6 Å². The van der Waals surface area contributed by atoms with Gasteiger partial charge in [0.25, 0.3) is 0 Å². The van der Waals surface area contributed by atoms with Gasteiger partial charge in [-0.2, -0.15) is 0 Å². The Hall–Kier alpha value is 0.880. The molecule has 0 fully saturated rings. The van der Waals surface area contributed by atoms with E-state index < -0.39 is 0 Å². The van der Waals surface area contributed by atoms with Gasteiger partial charge in [-0.25, -0.2) is 0 Å². The molecule has 1 unspecified atom stereocenters. The van der Waals surface area contributed by atoms with Crippen LogP contribution in [0.15, 0.2) is 0 Å². The Labute approximate surface area is 101 Å². The van der Waals surface area contributed by atoms with Crippen LogP contribution in [0.4, 0.5) is 0 Å². The van der Waals surface area contributed by atoms with Gasteiger partial charge in [-0.15, -0.1) is 0 Å². The summed E-state index contributed by atoms with van der Waals surface area (Å²) in [5, 5.41) is 10.2. The summed E-state index contributed by atoms with van der Waals surface area (Å²) in [4.78, 5) is 0. The molecule has 0 aliphatic heterocycles. The molecular formula is C9H21Br2NO. The Morgan fingerprint density at radius 2 is 1.54 bits per heavy atom. The van der Waals surface area contributed by atoms with E-state index in [-0.39, 0.29) is 23.1 Å². The van der Waals surface area contributed by atoms with Gasteiger partial charge in [-0.3, -0.25) is 0 Å². The minimum Gasteiger partial charge on any atom is -1.00 e. The zero-order valence-electron chi connectivity index (χ0n) is 8.76. The first-order valence-corrected chi connectivity index (χ1v) is 5.85. The number of hydrogen-bond acceptors (Lipinski definition) is 1. The number of rotatable bonds is 6. The summed E-state index contributed by atoms with van der Waals surface area (Å²) in [6.07, 6.45) is -0.204. The topological polar surface area (TPSA) is 20.2 Å². The Balaban J connectivity index is 0. The van der Waals surface area contributed by atoms with Crippen molar-refractivity contribution in [2.24, 2.45) is 0 Å². The number of likely N-dealkylation sites (N-methyl/N-ethyl adjacent to an activating group) is 1. The van der Waals surface area contributed by atoms with Crippen LogP contribution in [0.1, 0.15) is 20.8 Å². The Morgan fingerprint density at radius 3 is 1.77 bits per heavy atom. The van der Waals surface area contributed by atoms with Crippen LogP contribution in [0.25, 0.3) is 0 Å². The summed E-state index contributed by atoms with van der Waals surface area (Å²) in [6, 6.07) is 0. The lowest BCUT2D eigenvalue weighted by molar-refractivity contribution is -0.925. The van der Waals surface area contributed by atoms with Crippen LogP contribution < -0.4 is 17.0 Å². The Kier molecular flexibility index (Phi) is 10.3. The predicted molar refractivity (Wildman–Crippen MR) is 56.6 cm³/mol. The van der Waals surface area contributed by atoms with Crippen LogP contribution in [0, 0.1) is 0 Å². The fraction of sp³-hybridized carbons (Fsp3) is 1.00. The van der Waals surface area contributed by atoms with Gasteiger partial charge < -0.3 is 26.6 Å². The van der Waals surface area contributed by atoms with Crippen molar-refractivity contribution in [3.05, 3.63) is 0 Å². The number of aliphatic hydroxyl groups excluding tert-OH is 1. The number of alkyl halides is 1. The average molecular weight is 319 g/mol. The van der Waals surface area contributed by atoms with Gasteiger partial charge >= 0.3 is 0 Å². The third-order valence-electron chi connectivity index (χ3n) is 2.79. The molecule has 1 N–H and O–H groups in total. The molecule has 0 radical (unpaired) electrons. The molecule has 0 aromatic carbocycles. The fourth-order valence-electron chi connectivity index (χ4n) is 1.55. The number of quaternary nitrogens is 1. The van der Waals surface area contributed by atoms with Crippen LogP contribution in [0.5, 0.6) is 0 Å². The van der Waals surface area contributed by atoms with Crippen LogP contribution in [0.3, 0.4) is 0 Å². The van der Waals surface area contributed by atoms with Crippen molar-refractivity contribution in [1.82, 2.24) is 0 Å². The average Bonchev–Trinajstić information content (AvgIpc) is 2.14. The van der Waals surface area contributed by atoms with Gasteiger partial charge in [0, 0.05) is 5.33 Å². The highest BCUT2D eigenvalue weighted by Crippen LogP contribution is 2.08. The van der Waals surface area contributed by atoms with Gasteiger partial charge in [0.15, 0.2) is 0 Å². The van der Waals surface area contributed by atoms with Crippen molar-refractivity contribution in [2.75, 3.05) is 31.5 Å². The molecule has 0 bridgehead atoms. The number of nitrogens with zero attached hydrogens (tertiary/aromatic N) is 1. The van der Waals surface area contributed by atoms with Crippen molar-refractivity contribution >= 4 is 15.9 Å². The molecule has 2 nitrogen and oxygen atoms in total. The van der Waals surface area contributed by atoms with Crippen LogP contribution in [-0.2, 0) is 0 Å². The van der Waals surface area contributed by atoms with Crippen molar-refractivity contribution < 1.29 is 26.6 Å². The molecule has 82 valence electrons. The molecule has 0 rings (SSSR count). The fourth-order valence-corrected chi connectivity index (χ4v) is 1.76. The summed E-state index contributed by atoms with van der Waals surface area (Å²) in [5.41, 5.74) is 0. The second-order valence-corrected chi connectivity index (χ2v) is 3.93. The first kappa shape index (κ1) is 16.3. The Bertz CT molecular complexity index is 110. The first-order chi connectivity index (χ1) is 5.64. The van der Waals surface area contributed by atoms with E-state index in [1.165, 1.54) is 0 Å². The molecule has 13 heavy (non-hydrogen) atoms. The molecule has 0 aromatic rings. The van der Waals surface area contributed by atoms with Gasteiger partial charge in [0.1, 0.15) is 12.6 Å². The number of halogens is 2. The Morgan fingerprint density at radius 1 is 1.15 bits per heavy atom. The normalized spacial score (nSPS) is 13.6. The van der Waals surface area contributed by atoms with E-state index in [4.69, 9.17) is 0 Å². The lowest BCUT2D eigenvalue weighted by atomic mass is 10.2. The maximum Gasteiger partial charge on any atom is 0.113 e. The summed E-state index contributed by atoms with van der Waals surface area (Å²) in [7, 11) is 0. The maximum atomic E-state index is 9.52. The van der Waals surface area contributed by atoms with Gasteiger partial charge in [-0.05, 0) is 20.8 Å². The van der Waals surface area contributed by atoms with Crippen LogP contribution >= 0.6 is 15.9 Å². The van der Waals surface area contributed by atoms with Crippen LogP contribution in [0.2, 0.25) is 0 Å². The zero-order chi connectivity index (χ0) is 9.61. The molecule has 1 atom stereocenters. The van der Waals surface area contributed by atoms with Crippen molar-refractivity contribution in [3.8, 4) is 0 Å². The van der Waals surface area contributed by atoms with E-state index >= 15 is 0 Å². The summed E-state index contributed by atoms with van der Waals surface area (Å²) in [6.45, 7) is 10.8. The number of aliphatic hydroxyl groups is 1. The second-order valence-electron chi connectivity index (χ2n) is 3.28. The minimum atomic E-state index is -0.204. The first-order valence-electron chi connectivity index (χ1n) is 4.73. The van der Waals surface area contributed by atoms with E-state index in [9.17, 15) is 5.11 Å². The molecule has 0 spiro atoms. The third-order valence-corrected chi connectivity index (χ3v) is 3.54. The second kappa shape index (κ2) is 8.21. The largest absolute Gasteiger partial charge is 1.00 e. The third kappa shape index (κ3) is 5.35. The summed E-state index contributed by atoms with van der Waals surface area (Å²) in [5.74, 6) is 0. The highest BCUT2D eigenvalue weighted by Gasteiger charge is 2.23. The molecule has 0 aliphatic rings. The molecular weight excluding hydrogens is 298 g/mol. The standard InChI is InChI=1S/C9H21BrNO.BrH/c1-4-11(5-2,6-3)8-9(12)7-10;/h9,12H,4-8H2,1-3H3;1H/q+1;/p-1. The highest BCUT2D eigenvalue weighted by molar-refractivity contribution is 9.09. The number of hydrogen-bond donors (Lipinski definition) is 1. The van der Waals surface area contributed by atoms with Crippen LogP contribution in [-0.4, -0.2) is 47.2 Å². The quantitative estimate of drug-likeness (QED) is 0.473. The van der Waals surface area contributed by atoms with E-state index in [2.05, 4.69) is 36.7 Å². The molecule has 0 saturated heterocycles. The van der Waals surface area contributed by atoms with Gasteiger partial charge in [0.2, 0.25) is 0 Å². The highest BCUT2D eigenvalue weighted by atomic mass is 79.9. The van der Waals surface area contributed by atoms with E-state index in [0.717, 1.165) is 30.7 Å². The van der Waals surface area contributed by atoms with Crippen molar-refractivity contribution in [3.63, 3.8) is 0 Å². The molecule has 0 amide bonds. The SMILES string of the molecule is CC[N+](CC)(CC)CC(O)CBr.[Br-]. The predicted octanol–water partition coefficient (Wildman–Crippen LogP) is -1.38. The molecule has 0 aliphatic carbocycles. The van der Waals surface area contributed by atoms with Crippen molar-refractivity contribution in [2.45, 2.75) is 26.9 Å². The van der Waals surface area contributed by atoms with E-state index in [0.29, 0.717) is 5.33 Å². The lowest BCUT2D eigenvalue weighted by Gasteiger charge is -2.37. The molecule has 0 saturated carbocycles. The summed E-state index contributed by atoms with van der Waals surface area (Å²) < 4.78 is 1.02. The van der Waals surface area contributed by atoms with Gasteiger partial charge in [-0.1, -0.05) is 15.9 Å². The van der Waals surface area contributed by atoms with Crippen molar-refractivity contribution in [1.29, 1.82) is 0 Å². The molecule has 0 heterocycles. The van der Waals surface area contributed by atoms with E-state index in [1.54, 1.807) is 0 Å². The molecule has 0 aromatic heterocycles. The summed E-state index contributed by atoms with van der Waals surface area (Å²) >= 11 is 3.29.